The monoisotopic (exact) mass is 286 g/mol. The van der Waals surface area contributed by atoms with Gasteiger partial charge < -0.3 is 9.31 Å². The first kappa shape index (κ1) is 16.3. The molecule has 1 fully saturated rings. The van der Waals surface area contributed by atoms with E-state index in [4.69, 9.17) is 9.31 Å². The lowest BCUT2D eigenvalue weighted by atomic mass is 9.79. The summed E-state index contributed by atoms with van der Waals surface area (Å²) in [6, 6.07) is 8.40. The lowest BCUT2D eigenvalue weighted by Gasteiger charge is -2.32. The van der Waals surface area contributed by atoms with Gasteiger partial charge in [0.2, 0.25) is 0 Å². The Kier molecular flexibility index (Phi) is 4.11. The van der Waals surface area contributed by atoms with Crippen LogP contribution in [0.5, 0.6) is 0 Å². The zero-order valence-electron chi connectivity index (χ0n) is 14.4. The number of hydrogen-bond acceptors (Lipinski definition) is 2. The fraction of sp³-hybridized carbons (Fsp3) is 0.556. The molecule has 0 spiro atoms. The lowest BCUT2D eigenvalue weighted by molar-refractivity contribution is 0.00578. The second-order valence-electron chi connectivity index (χ2n) is 7.95. The molecule has 2 rings (SSSR count). The topological polar surface area (TPSA) is 18.5 Å². The van der Waals surface area contributed by atoms with Crippen molar-refractivity contribution >= 4 is 18.7 Å². The minimum absolute atomic E-state index is 0.199. The summed E-state index contributed by atoms with van der Waals surface area (Å²) in [4.78, 5) is 0. The van der Waals surface area contributed by atoms with Crippen LogP contribution in [0.2, 0.25) is 0 Å². The largest absolute Gasteiger partial charge is 0.494 e. The van der Waals surface area contributed by atoms with Gasteiger partial charge in [0.1, 0.15) is 0 Å². The lowest BCUT2D eigenvalue weighted by Crippen LogP contribution is -2.41. The van der Waals surface area contributed by atoms with Crippen molar-refractivity contribution in [3.63, 3.8) is 0 Å². The Morgan fingerprint density at radius 3 is 1.81 bits per heavy atom. The van der Waals surface area contributed by atoms with Gasteiger partial charge in [0.15, 0.2) is 0 Å². The smallest absolute Gasteiger partial charge is 0.399 e. The van der Waals surface area contributed by atoms with Crippen LogP contribution < -0.4 is 5.46 Å². The van der Waals surface area contributed by atoms with Crippen LogP contribution in [0.4, 0.5) is 0 Å². The summed E-state index contributed by atoms with van der Waals surface area (Å²) in [7, 11) is -0.282. The molecule has 1 aliphatic rings. The molecular formula is C18H27BO2. The van der Waals surface area contributed by atoms with E-state index >= 15 is 0 Å². The Bertz CT molecular complexity index is 505. The van der Waals surface area contributed by atoms with Crippen molar-refractivity contribution in [3.8, 4) is 0 Å². The summed E-state index contributed by atoms with van der Waals surface area (Å²) < 4.78 is 12.1. The molecule has 0 unspecified atom stereocenters. The van der Waals surface area contributed by atoms with Crippen molar-refractivity contribution in [2.45, 2.75) is 59.7 Å². The van der Waals surface area contributed by atoms with E-state index in [0.29, 0.717) is 0 Å². The Morgan fingerprint density at radius 1 is 0.905 bits per heavy atom. The van der Waals surface area contributed by atoms with E-state index in [1.807, 2.05) is 0 Å². The van der Waals surface area contributed by atoms with Crippen LogP contribution in [0.1, 0.15) is 54.0 Å². The quantitative estimate of drug-likeness (QED) is 0.764. The SMILES string of the molecule is CC(C)(C)/C=C/c1ccc(B2OC(C)(C)C(C)(C)O2)cc1. The molecule has 0 aromatic heterocycles. The van der Waals surface area contributed by atoms with Gasteiger partial charge in [0.25, 0.3) is 0 Å². The molecular weight excluding hydrogens is 259 g/mol. The first-order valence-corrected chi connectivity index (χ1v) is 7.65. The number of benzene rings is 1. The normalized spacial score (nSPS) is 21.2. The maximum absolute atomic E-state index is 6.06. The van der Waals surface area contributed by atoms with Crippen molar-refractivity contribution in [2.75, 3.05) is 0 Å². The van der Waals surface area contributed by atoms with E-state index in [9.17, 15) is 0 Å². The van der Waals surface area contributed by atoms with Gasteiger partial charge in [-0.15, -0.1) is 0 Å². The molecule has 0 N–H and O–H groups in total. The van der Waals surface area contributed by atoms with Gasteiger partial charge in [-0.25, -0.2) is 0 Å². The highest BCUT2D eigenvalue weighted by atomic mass is 16.7. The summed E-state index contributed by atoms with van der Waals surface area (Å²) in [5.74, 6) is 0. The van der Waals surface area contributed by atoms with Crippen LogP contribution in [-0.4, -0.2) is 18.3 Å². The van der Waals surface area contributed by atoms with E-state index in [1.165, 1.54) is 5.56 Å². The van der Waals surface area contributed by atoms with Crippen molar-refractivity contribution in [1.29, 1.82) is 0 Å². The molecule has 0 amide bonds. The predicted molar refractivity (Wildman–Crippen MR) is 90.6 cm³/mol. The van der Waals surface area contributed by atoms with E-state index in [0.717, 1.165) is 5.46 Å². The van der Waals surface area contributed by atoms with E-state index in [1.54, 1.807) is 0 Å². The van der Waals surface area contributed by atoms with E-state index < -0.39 is 0 Å². The minimum Gasteiger partial charge on any atom is -0.399 e. The number of rotatable bonds is 2. The average Bonchev–Trinajstić information content (AvgIpc) is 2.56. The Labute approximate surface area is 129 Å². The van der Waals surface area contributed by atoms with Gasteiger partial charge in [0, 0.05) is 0 Å². The number of allylic oxidation sites excluding steroid dienone is 1. The molecule has 1 aromatic rings. The average molecular weight is 286 g/mol. The summed E-state index contributed by atoms with van der Waals surface area (Å²) in [5, 5.41) is 0. The molecule has 1 saturated heterocycles. The molecule has 1 aliphatic heterocycles. The fourth-order valence-corrected chi connectivity index (χ4v) is 2.09. The van der Waals surface area contributed by atoms with Crippen molar-refractivity contribution in [2.24, 2.45) is 5.41 Å². The molecule has 114 valence electrons. The maximum Gasteiger partial charge on any atom is 0.494 e. The zero-order chi connectivity index (χ0) is 15.9. The van der Waals surface area contributed by atoms with Crippen molar-refractivity contribution in [1.82, 2.24) is 0 Å². The highest BCUT2D eigenvalue weighted by Crippen LogP contribution is 2.36. The van der Waals surface area contributed by atoms with Crippen molar-refractivity contribution < 1.29 is 9.31 Å². The van der Waals surface area contributed by atoms with Gasteiger partial charge in [-0.05, 0) is 44.1 Å². The van der Waals surface area contributed by atoms with Crippen LogP contribution in [0.25, 0.3) is 6.08 Å². The summed E-state index contributed by atoms with van der Waals surface area (Å²) in [5.41, 5.74) is 1.89. The summed E-state index contributed by atoms with van der Waals surface area (Å²) >= 11 is 0. The van der Waals surface area contributed by atoms with Crippen LogP contribution in [0, 0.1) is 5.41 Å². The van der Waals surface area contributed by atoms with Gasteiger partial charge >= 0.3 is 7.12 Å². The first-order chi connectivity index (χ1) is 9.50. The molecule has 3 heteroatoms. The molecule has 21 heavy (non-hydrogen) atoms. The Balaban J connectivity index is 2.12. The highest BCUT2D eigenvalue weighted by molar-refractivity contribution is 6.62. The molecule has 1 heterocycles. The van der Waals surface area contributed by atoms with Crippen LogP contribution in [0.3, 0.4) is 0 Å². The summed E-state index contributed by atoms with van der Waals surface area (Å²) in [6.45, 7) is 14.9. The molecule has 0 saturated carbocycles. The molecule has 0 atom stereocenters. The molecule has 0 bridgehead atoms. The molecule has 2 nitrogen and oxygen atoms in total. The van der Waals surface area contributed by atoms with E-state index in [-0.39, 0.29) is 23.7 Å². The van der Waals surface area contributed by atoms with Gasteiger partial charge in [-0.3, -0.25) is 0 Å². The third-order valence-corrected chi connectivity index (χ3v) is 4.24. The minimum atomic E-state index is -0.289. The Morgan fingerprint density at radius 2 is 1.38 bits per heavy atom. The van der Waals surface area contributed by atoms with Gasteiger partial charge in [-0.2, -0.15) is 0 Å². The first-order valence-electron chi connectivity index (χ1n) is 7.65. The predicted octanol–water partition coefficient (Wildman–Crippen LogP) is 4.05. The third kappa shape index (κ3) is 3.78. The fourth-order valence-electron chi connectivity index (χ4n) is 2.09. The number of hydrogen-bond donors (Lipinski definition) is 0. The standard InChI is InChI=1S/C18H27BO2/c1-16(2,3)13-12-14-8-10-15(11-9-14)19-20-17(4,5)18(6,7)21-19/h8-13H,1-7H3/b13-12+. The van der Waals surface area contributed by atoms with Crippen LogP contribution in [-0.2, 0) is 9.31 Å². The third-order valence-electron chi connectivity index (χ3n) is 4.24. The maximum atomic E-state index is 6.06. The summed E-state index contributed by atoms with van der Waals surface area (Å²) in [6.07, 6.45) is 4.38. The second-order valence-corrected chi connectivity index (χ2v) is 7.95. The van der Waals surface area contributed by atoms with Crippen molar-refractivity contribution in [3.05, 3.63) is 35.9 Å². The second kappa shape index (κ2) is 5.29. The molecule has 1 aromatic carbocycles. The highest BCUT2D eigenvalue weighted by Gasteiger charge is 2.51. The van der Waals surface area contributed by atoms with Crippen LogP contribution in [0.15, 0.2) is 30.3 Å². The van der Waals surface area contributed by atoms with Gasteiger partial charge in [-0.1, -0.05) is 57.2 Å². The van der Waals surface area contributed by atoms with Crippen LogP contribution >= 0.6 is 0 Å². The Hall–Kier alpha value is -1.06. The molecule has 0 radical (unpaired) electrons. The van der Waals surface area contributed by atoms with E-state index in [2.05, 4.69) is 84.9 Å². The molecule has 0 aliphatic carbocycles. The van der Waals surface area contributed by atoms with Gasteiger partial charge in [0.05, 0.1) is 11.2 Å². The zero-order valence-corrected chi connectivity index (χ0v) is 14.4.